The summed E-state index contributed by atoms with van der Waals surface area (Å²) in [5, 5.41) is 3.71. The van der Waals surface area contributed by atoms with Crippen LogP contribution >= 0.6 is 15.9 Å². The quantitative estimate of drug-likeness (QED) is 0.725. The Balaban J connectivity index is 1.90. The molecule has 1 aliphatic rings. The van der Waals surface area contributed by atoms with Crippen LogP contribution in [0.15, 0.2) is 28.7 Å². The summed E-state index contributed by atoms with van der Waals surface area (Å²) in [7, 11) is 2.30. The maximum absolute atomic E-state index is 3.71. The molecule has 0 radical (unpaired) electrons. The molecule has 2 rings (SSSR count). The Morgan fingerprint density at radius 3 is 2.52 bits per heavy atom. The van der Waals surface area contributed by atoms with Gasteiger partial charge in [0.05, 0.1) is 0 Å². The summed E-state index contributed by atoms with van der Waals surface area (Å²) >= 11 is 3.53. The van der Waals surface area contributed by atoms with Crippen molar-refractivity contribution in [2.75, 3.05) is 20.1 Å². The third-order valence-electron chi connectivity index (χ3n) is 4.63. The molecule has 3 heteroatoms. The molecule has 1 aromatic rings. The molecular formula is C18H29BrN2. The molecule has 0 bridgehead atoms. The van der Waals surface area contributed by atoms with Crippen molar-refractivity contribution in [1.82, 2.24) is 10.2 Å². The van der Waals surface area contributed by atoms with Crippen molar-refractivity contribution in [2.24, 2.45) is 0 Å². The fourth-order valence-electron chi connectivity index (χ4n) is 3.26. The number of hydrogen-bond donors (Lipinski definition) is 1. The van der Waals surface area contributed by atoms with Gasteiger partial charge in [-0.15, -0.1) is 0 Å². The van der Waals surface area contributed by atoms with E-state index in [0.29, 0.717) is 6.04 Å². The number of nitrogens with one attached hydrogen (secondary N) is 1. The number of nitrogens with zero attached hydrogens (tertiary/aromatic N) is 1. The van der Waals surface area contributed by atoms with Gasteiger partial charge in [-0.05, 0) is 63.5 Å². The molecule has 1 N–H and O–H groups in total. The summed E-state index contributed by atoms with van der Waals surface area (Å²) in [6, 6.07) is 10.1. The van der Waals surface area contributed by atoms with Crippen molar-refractivity contribution in [3.05, 3.63) is 34.3 Å². The first-order valence-corrected chi connectivity index (χ1v) is 9.19. The Labute approximate surface area is 138 Å². The van der Waals surface area contributed by atoms with E-state index in [4.69, 9.17) is 0 Å². The molecule has 0 amide bonds. The average molecular weight is 353 g/mol. The second kappa shape index (κ2) is 8.92. The Morgan fingerprint density at radius 1 is 1.24 bits per heavy atom. The zero-order valence-electron chi connectivity index (χ0n) is 13.4. The van der Waals surface area contributed by atoms with Crippen molar-refractivity contribution < 1.29 is 0 Å². The molecule has 0 saturated heterocycles. The van der Waals surface area contributed by atoms with E-state index in [2.05, 4.69) is 64.4 Å². The predicted molar refractivity (Wildman–Crippen MR) is 94.7 cm³/mol. The highest BCUT2D eigenvalue weighted by atomic mass is 79.9. The number of halogens is 1. The van der Waals surface area contributed by atoms with Gasteiger partial charge in [-0.1, -0.05) is 47.8 Å². The first-order chi connectivity index (χ1) is 10.2. The van der Waals surface area contributed by atoms with Crippen LogP contribution < -0.4 is 5.32 Å². The van der Waals surface area contributed by atoms with Crippen LogP contribution in [-0.2, 0) is 0 Å². The van der Waals surface area contributed by atoms with E-state index in [1.807, 2.05) is 0 Å². The molecule has 1 atom stereocenters. The molecule has 0 aliphatic heterocycles. The molecule has 1 aromatic carbocycles. The van der Waals surface area contributed by atoms with Gasteiger partial charge in [-0.3, -0.25) is 0 Å². The number of hydrogen-bond acceptors (Lipinski definition) is 2. The molecule has 1 saturated carbocycles. The molecule has 1 fully saturated rings. The van der Waals surface area contributed by atoms with Crippen molar-refractivity contribution in [3.63, 3.8) is 0 Å². The van der Waals surface area contributed by atoms with Gasteiger partial charge in [0.25, 0.3) is 0 Å². The lowest BCUT2D eigenvalue weighted by molar-refractivity contribution is 0.231. The number of benzene rings is 1. The highest BCUT2D eigenvalue weighted by molar-refractivity contribution is 9.10. The molecule has 2 nitrogen and oxygen atoms in total. The second-order valence-electron chi connectivity index (χ2n) is 6.27. The van der Waals surface area contributed by atoms with E-state index in [0.717, 1.165) is 17.1 Å². The maximum Gasteiger partial charge on any atom is 0.0332 e. The van der Waals surface area contributed by atoms with Crippen LogP contribution in [-0.4, -0.2) is 31.1 Å². The van der Waals surface area contributed by atoms with Crippen LogP contribution in [0.2, 0.25) is 0 Å². The summed E-state index contributed by atoms with van der Waals surface area (Å²) < 4.78 is 1.16. The van der Waals surface area contributed by atoms with Gasteiger partial charge in [-0.2, -0.15) is 0 Å². The minimum absolute atomic E-state index is 0.474. The van der Waals surface area contributed by atoms with Crippen LogP contribution in [0.4, 0.5) is 0 Å². The highest BCUT2D eigenvalue weighted by Gasteiger charge is 2.20. The van der Waals surface area contributed by atoms with Gasteiger partial charge in [0.1, 0.15) is 0 Å². The lowest BCUT2D eigenvalue weighted by Gasteiger charge is -2.27. The second-order valence-corrected chi connectivity index (χ2v) is 7.18. The minimum atomic E-state index is 0.474. The van der Waals surface area contributed by atoms with E-state index in [1.165, 1.54) is 50.6 Å². The van der Waals surface area contributed by atoms with Crippen molar-refractivity contribution >= 4 is 15.9 Å². The summed E-state index contributed by atoms with van der Waals surface area (Å²) in [5.41, 5.74) is 1.41. The van der Waals surface area contributed by atoms with E-state index in [9.17, 15) is 0 Å². The van der Waals surface area contributed by atoms with Gasteiger partial charge < -0.3 is 10.2 Å². The maximum atomic E-state index is 3.71. The molecule has 0 spiro atoms. The SMILES string of the molecule is CCCNC(CCN(C)C1CCCC1)c1ccc(Br)cc1. The monoisotopic (exact) mass is 352 g/mol. The fourth-order valence-corrected chi connectivity index (χ4v) is 3.52. The zero-order valence-corrected chi connectivity index (χ0v) is 15.0. The Morgan fingerprint density at radius 2 is 1.90 bits per heavy atom. The summed E-state index contributed by atoms with van der Waals surface area (Å²) in [5.74, 6) is 0. The van der Waals surface area contributed by atoms with Crippen LogP contribution in [0.5, 0.6) is 0 Å². The summed E-state index contributed by atoms with van der Waals surface area (Å²) in [6.45, 7) is 4.51. The molecule has 1 unspecified atom stereocenters. The van der Waals surface area contributed by atoms with Crippen molar-refractivity contribution in [3.8, 4) is 0 Å². The van der Waals surface area contributed by atoms with Gasteiger partial charge >= 0.3 is 0 Å². The van der Waals surface area contributed by atoms with E-state index in [-0.39, 0.29) is 0 Å². The Hall–Kier alpha value is -0.380. The van der Waals surface area contributed by atoms with Gasteiger partial charge in [-0.25, -0.2) is 0 Å². The average Bonchev–Trinajstić information content (AvgIpc) is 3.03. The summed E-state index contributed by atoms with van der Waals surface area (Å²) in [6.07, 6.45) is 7.99. The molecule has 0 heterocycles. The molecule has 1 aliphatic carbocycles. The Kier molecular flexibility index (Phi) is 7.21. The standard InChI is InChI=1S/C18H29BrN2/c1-3-13-20-18(15-8-10-16(19)11-9-15)12-14-21(2)17-6-4-5-7-17/h8-11,17-18,20H,3-7,12-14H2,1-2H3. The predicted octanol–water partition coefficient (Wildman–Crippen LogP) is 4.75. The normalized spacial score (nSPS) is 17.5. The van der Waals surface area contributed by atoms with E-state index in [1.54, 1.807) is 0 Å². The van der Waals surface area contributed by atoms with E-state index >= 15 is 0 Å². The van der Waals surface area contributed by atoms with Crippen LogP contribution in [0.3, 0.4) is 0 Å². The zero-order chi connectivity index (χ0) is 15.1. The van der Waals surface area contributed by atoms with Gasteiger partial charge in [0.15, 0.2) is 0 Å². The Bertz CT molecular complexity index is 398. The first kappa shape index (κ1) is 17.0. The smallest absolute Gasteiger partial charge is 0.0332 e. The lowest BCUT2D eigenvalue weighted by atomic mass is 10.0. The largest absolute Gasteiger partial charge is 0.310 e. The minimum Gasteiger partial charge on any atom is -0.310 e. The van der Waals surface area contributed by atoms with Crippen LogP contribution in [0.1, 0.15) is 57.1 Å². The summed E-state index contributed by atoms with van der Waals surface area (Å²) in [4.78, 5) is 2.58. The van der Waals surface area contributed by atoms with Crippen molar-refractivity contribution in [2.45, 2.75) is 57.5 Å². The fraction of sp³-hybridized carbons (Fsp3) is 0.667. The molecular weight excluding hydrogens is 324 g/mol. The molecule has 21 heavy (non-hydrogen) atoms. The van der Waals surface area contributed by atoms with Crippen LogP contribution in [0, 0.1) is 0 Å². The lowest BCUT2D eigenvalue weighted by Crippen LogP contribution is -2.33. The van der Waals surface area contributed by atoms with Crippen molar-refractivity contribution in [1.29, 1.82) is 0 Å². The molecule has 0 aromatic heterocycles. The third kappa shape index (κ3) is 5.39. The first-order valence-electron chi connectivity index (χ1n) is 8.39. The van der Waals surface area contributed by atoms with E-state index < -0.39 is 0 Å². The number of rotatable bonds is 8. The topological polar surface area (TPSA) is 15.3 Å². The van der Waals surface area contributed by atoms with Gasteiger partial charge in [0, 0.05) is 16.6 Å². The molecule has 118 valence electrons. The van der Waals surface area contributed by atoms with Gasteiger partial charge in [0.2, 0.25) is 0 Å². The highest BCUT2D eigenvalue weighted by Crippen LogP contribution is 2.24. The van der Waals surface area contributed by atoms with Crippen LogP contribution in [0.25, 0.3) is 0 Å². The third-order valence-corrected chi connectivity index (χ3v) is 5.16.